The fraction of sp³-hybridized carbons (Fsp3) is 0.231. The predicted octanol–water partition coefficient (Wildman–Crippen LogP) is 9.06. The van der Waals surface area contributed by atoms with Gasteiger partial charge < -0.3 is 25.4 Å². The zero-order valence-electron chi connectivity index (χ0n) is 34.5. The van der Waals surface area contributed by atoms with Gasteiger partial charge in [-0.05, 0) is 63.3 Å². The molecule has 7 rings (SSSR count). The molecule has 61 heavy (non-hydrogen) atoms. The van der Waals surface area contributed by atoms with E-state index in [1.54, 1.807) is 0 Å². The van der Waals surface area contributed by atoms with Crippen molar-refractivity contribution in [1.82, 2.24) is 16.0 Å². The molecule has 3 N–H and O–H groups in total. The fourth-order valence-electron chi connectivity index (χ4n) is 8.17. The minimum absolute atomic E-state index is 0.0241. The first kappa shape index (κ1) is 42.1. The highest BCUT2D eigenvalue weighted by Crippen LogP contribution is 2.44. The molecule has 1 aliphatic rings. The van der Waals surface area contributed by atoms with Crippen LogP contribution in [0.1, 0.15) is 72.4 Å². The van der Waals surface area contributed by atoms with Crippen molar-refractivity contribution in [2.75, 3.05) is 6.61 Å². The molecule has 9 heteroatoms. The lowest BCUT2D eigenvalue weighted by Gasteiger charge is -2.37. The second-order valence-electron chi connectivity index (χ2n) is 15.7. The summed E-state index contributed by atoms with van der Waals surface area (Å²) in [6, 6.07) is 52.3. The quantitative estimate of drug-likeness (QED) is 0.0624. The van der Waals surface area contributed by atoms with Gasteiger partial charge in [-0.3, -0.25) is 9.59 Å². The smallest absolute Gasteiger partial charge is 0.407 e. The van der Waals surface area contributed by atoms with Gasteiger partial charge in [0.1, 0.15) is 30.8 Å². The summed E-state index contributed by atoms with van der Waals surface area (Å²) in [5, 5.41) is 8.94. The van der Waals surface area contributed by atoms with E-state index in [2.05, 4.69) is 28.1 Å². The molecule has 0 aliphatic heterocycles. The third kappa shape index (κ3) is 10.1. The third-order valence-electron chi connectivity index (χ3n) is 11.1. The molecule has 0 heterocycles. The Morgan fingerprint density at radius 1 is 0.574 bits per heavy atom. The normalized spacial score (nSPS) is 13.0. The van der Waals surface area contributed by atoms with Crippen molar-refractivity contribution in [1.29, 1.82) is 0 Å². The number of hydrogen-bond acceptors (Lipinski definition) is 6. The summed E-state index contributed by atoms with van der Waals surface area (Å²) in [6.45, 7) is 3.96. The minimum atomic E-state index is -1.24. The molecule has 6 aromatic rings. The van der Waals surface area contributed by atoms with Crippen molar-refractivity contribution < 1.29 is 28.7 Å². The Bertz CT molecular complexity index is 2260. The summed E-state index contributed by atoms with van der Waals surface area (Å²) in [5.74, 6) is -1.76. The van der Waals surface area contributed by atoms with Crippen LogP contribution in [0.4, 0.5) is 4.79 Å². The number of carbonyl (C=O) groups is 4. The average molecular weight is 814 g/mol. The van der Waals surface area contributed by atoms with Crippen molar-refractivity contribution in [2.45, 2.75) is 63.3 Å². The Morgan fingerprint density at radius 2 is 1.05 bits per heavy atom. The Hall–Kier alpha value is -7.00. The largest absolute Gasteiger partial charge is 0.459 e. The molecule has 6 aromatic carbocycles. The van der Waals surface area contributed by atoms with Crippen molar-refractivity contribution in [3.8, 4) is 11.1 Å². The van der Waals surface area contributed by atoms with Gasteiger partial charge in [-0.1, -0.05) is 184 Å². The molecule has 0 saturated carbocycles. The molecule has 0 radical (unpaired) electrons. The van der Waals surface area contributed by atoms with Gasteiger partial charge in [-0.2, -0.15) is 0 Å². The Labute approximate surface area is 357 Å². The number of alkyl carbamates (subject to hydrolysis) is 1. The van der Waals surface area contributed by atoms with Crippen LogP contribution < -0.4 is 16.0 Å². The summed E-state index contributed by atoms with van der Waals surface area (Å²) in [4.78, 5) is 55.9. The number of nitrogens with one attached hydrogen (secondary N) is 3. The van der Waals surface area contributed by atoms with Gasteiger partial charge >= 0.3 is 12.1 Å². The van der Waals surface area contributed by atoms with Crippen LogP contribution in [0.15, 0.2) is 170 Å². The molecule has 0 saturated heterocycles. The lowest BCUT2D eigenvalue weighted by Crippen LogP contribution is -2.53. The summed E-state index contributed by atoms with van der Waals surface area (Å²) >= 11 is 0. The zero-order chi connectivity index (χ0) is 42.6. The number of carbonyl (C=O) groups excluding carboxylic acids is 4. The second kappa shape index (κ2) is 19.8. The monoisotopic (exact) mass is 813 g/mol. The first-order valence-corrected chi connectivity index (χ1v) is 20.8. The number of rotatable bonds is 17. The van der Waals surface area contributed by atoms with Crippen LogP contribution in [0.3, 0.4) is 0 Å². The summed E-state index contributed by atoms with van der Waals surface area (Å²) < 4.78 is 11.5. The topological polar surface area (TPSA) is 123 Å². The van der Waals surface area contributed by atoms with Crippen molar-refractivity contribution in [3.63, 3.8) is 0 Å². The van der Waals surface area contributed by atoms with Crippen LogP contribution in [0.25, 0.3) is 11.1 Å². The number of benzene rings is 6. The average Bonchev–Trinajstić information content (AvgIpc) is 3.62. The van der Waals surface area contributed by atoms with E-state index in [1.807, 2.05) is 172 Å². The molecule has 0 bridgehead atoms. The highest BCUT2D eigenvalue weighted by Gasteiger charge is 2.38. The van der Waals surface area contributed by atoms with E-state index in [0.717, 1.165) is 44.5 Å². The molecular weight excluding hydrogens is 763 g/mol. The molecule has 0 unspecified atom stereocenters. The van der Waals surface area contributed by atoms with E-state index in [0.29, 0.717) is 6.42 Å². The number of ether oxygens (including phenoxy) is 2. The van der Waals surface area contributed by atoms with E-state index in [-0.39, 0.29) is 43.8 Å². The van der Waals surface area contributed by atoms with Gasteiger partial charge in [0, 0.05) is 12.3 Å². The Morgan fingerprint density at radius 3 is 1.56 bits per heavy atom. The van der Waals surface area contributed by atoms with Crippen LogP contribution in [0.2, 0.25) is 0 Å². The van der Waals surface area contributed by atoms with Crippen LogP contribution in [-0.2, 0) is 36.0 Å². The summed E-state index contributed by atoms with van der Waals surface area (Å²) in [7, 11) is 0. The Kier molecular flexibility index (Phi) is 13.7. The number of amides is 3. The van der Waals surface area contributed by atoms with Crippen molar-refractivity contribution >= 4 is 23.9 Å². The van der Waals surface area contributed by atoms with E-state index in [1.165, 1.54) is 0 Å². The van der Waals surface area contributed by atoms with Gasteiger partial charge in [-0.15, -0.1) is 0 Å². The van der Waals surface area contributed by atoms with Gasteiger partial charge in [0.15, 0.2) is 0 Å². The highest BCUT2D eigenvalue weighted by atomic mass is 16.5. The maximum absolute atomic E-state index is 14.4. The Balaban J connectivity index is 1.12. The fourth-order valence-corrected chi connectivity index (χ4v) is 8.17. The standard InChI is InChI=1S/C52H51N3O6/c1-36(2)33-47(50(58)60-34-37-19-7-3-8-20-37)53-49(57)46(54-51(59)61-35-45-43-29-17-15-27-41(43)42-28-16-18-30-44(42)45)31-32-48(56)55-52(38-21-9-4-10-22-38,39-23-11-5-12-24-39)40-25-13-6-14-26-40/h3-30,36,45-47H,31-35H2,1-2H3,(H,53,57)(H,54,59)(H,55,56)/t46-,47-/m0/s1. The van der Waals surface area contributed by atoms with Gasteiger partial charge in [0.05, 0.1) is 0 Å². The number of fused-ring (bicyclic) bond motifs is 3. The van der Waals surface area contributed by atoms with Gasteiger partial charge in [-0.25, -0.2) is 9.59 Å². The number of hydrogen-bond donors (Lipinski definition) is 3. The van der Waals surface area contributed by atoms with Gasteiger partial charge in [0.25, 0.3) is 0 Å². The number of esters is 1. The van der Waals surface area contributed by atoms with Crippen molar-refractivity contribution in [2.24, 2.45) is 5.92 Å². The van der Waals surface area contributed by atoms with E-state index >= 15 is 0 Å². The molecule has 0 spiro atoms. The van der Waals surface area contributed by atoms with Gasteiger partial charge in [0.2, 0.25) is 11.8 Å². The molecule has 2 atom stereocenters. The SMILES string of the molecule is CC(C)C[C@H](NC(=O)[C@H](CCC(=O)NC(c1ccccc1)(c1ccccc1)c1ccccc1)NC(=O)OCC1c2ccccc2-c2ccccc21)C(=O)OCc1ccccc1. The third-order valence-corrected chi connectivity index (χ3v) is 11.1. The van der Waals surface area contributed by atoms with Crippen LogP contribution >= 0.6 is 0 Å². The van der Waals surface area contributed by atoms with Crippen LogP contribution in [0, 0.1) is 5.92 Å². The molecule has 1 aliphatic carbocycles. The molecular formula is C52H51N3O6. The molecule has 0 fully saturated rings. The van der Waals surface area contributed by atoms with Crippen LogP contribution in [-0.4, -0.2) is 42.6 Å². The first-order chi connectivity index (χ1) is 29.7. The predicted molar refractivity (Wildman–Crippen MR) is 236 cm³/mol. The first-order valence-electron chi connectivity index (χ1n) is 20.8. The lowest BCUT2D eigenvalue weighted by molar-refractivity contribution is -0.149. The summed E-state index contributed by atoms with van der Waals surface area (Å²) in [6.07, 6.45) is -0.764. The maximum Gasteiger partial charge on any atom is 0.407 e. The van der Waals surface area contributed by atoms with Crippen LogP contribution in [0.5, 0.6) is 0 Å². The second-order valence-corrected chi connectivity index (χ2v) is 15.7. The van der Waals surface area contributed by atoms with E-state index in [4.69, 9.17) is 9.47 Å². The van der Waals surface area contributed by atoms with Crippen molar-refractivity contribution in [3.05, 3.63) is 203 Å². The minimum Gasteiger partial charge on any atom is -0.459 e. The molecule has 0 aromatic heterocycles. The molecule has 9 nitrogen and oxygen atoms in total. The highest BCUT2D eigenvalue weighted by molar-refractivity contribution is 5.90. The lowest BCUT2D eigenvalue weighted by atomic mass is 9.77. The summed E-state index contributed by atoms with van der Waals surface area (Å²) in [5.41, 5.74) is 6.53. The molecule has 3 amide bonds. The maximum atomic E-state index is 14.4. The van der Waals surface area contributed by atoms with E-state index < -0.39 is 35.6 Å². The zero-order valence-corrected chi connectivity index (χ0v) is 34.5. The molecule has 310 valence electrons. The van der Waals surface area contributed by atoms with E-state index in [9.17, 15) is 19.2 Å².